The lowest BCUT2D eigenvalue weighted by atomic mass is 9.76. The van der Waals surface area contributed by atoms with Crippen LogP contribution in [0.25, 0.3) is 0 Å². The lowest BCUT2D eigenvalue weighted by molar-refractivity contribution is -0.124. The molecule has 0 aromatic heterocycles. The molecule has 0 radical (unpaired) electrons. The zero-order valence-electron chi connectivity index (χ0n) is 12.0. The molecule has 0 bridgehead atoms. The van der Waals surface area contributed by atoms with E-state index in [1.54, 1.807) is 0 Å². The molecule has 3 heteroatoms. The number of Topliss-reactive ketones (excluding diaryl/α,β-unsaturated/α-hetero) is 1. The second-order valence-electron chi connectivity index (χ2n) is 5.81. The van der Waals surface area contributed by atoms with Crippen molar-refractivity contribution in [2.75, 3.05) is 13.2 Å². The van der Waals surface area contributed by atoms with E-state index in [4.69, 9.17) is 9.47 Å². The first-order chi connectivity index (χ1) is 9.78. The molecule has 0 saturated heterocycles. The number of carbonyl (C=O) groups excluding carboxylic acids is 1. The lowest BCUT2D eigenvalue weighted by Crippen LogP contribution is -2.34. The summed E-state index contributed by atoms with van der Waals surface area (Å²) in [6.45, 7) is 3.45. The third-order valence-corrected chi connectivity index (χ3v) is 4.43. The molecule has 1 aliphatic carbocycles. The predicted molar refractivity (Wildman–Crippen MR) is 77.1 cm³/mol. The maximum atomic E-state index is 12.5. The number of hydrogen-bond acceptors (Lipinski definition) is 3. The summed E-state index contributed by atoms with van der Waals surface area (Å²) in [5.41, 5.74) is 1.07. The van der Waals surface area contributed by atoms with E-state index in [1.165, 1.54) is 0 Å². The molecule has 3 nitrogen and oxygen atoms in total. The Bertz CT molecular complexity index is 477. The number of fused-ring (bicyclic) bond motifs is 1. The van der Waals surface area contributed by atoms with Crippen LogP contribution in [0.15, 0.2) is 24.3 Å². The number of ketones is 1. The number of ether oxygens (including phenoxy) is 2. The zero-order valence-corrected chi connectivity index (χ0v) is 12.0. The summed E-state index contributed by atoms with van der Waals surface area (Å²) in [6.07, 6.45) is 3.99. The van der Waals surface area contributed by atoms with Gasteiger partial charge < -0.3 is 9.47 Å². The van der Waals surface area contributed by atoms with Crippen molar-refractivity contribution in [3.8, 4) is 5.75 Å². The molecule has 0 amide bonds. The molecule has 3 rings (SSSR count). The molecule has 0 N–H and O–H groups in total. The topological polar surface area (TPSA) is 35.5 Å². The van der Waals surface area contributed by atoms with Gasteiger partial charge in [0.15, 0.2) is 0 Å². The van der Waals surface area contributed by atoms with Crippen LogP contribution in [0.2, 0.25) is 0 Å². The van der Waals surface area contributed by atoms with E-state index in [9.17, 15) is 4.79 Å². The number of rotatable bonds is 5. The van der Waals surface area contributed by atoms with Crippen molar-refractivity contribution in [2.45, 2.75) is 44.6 Å². The van der Waals surface area contributed by atoms with Crippen molar-refractivity contribution in [2.24, 2.45) is 5.92 Å². The first-order valence-electron chi connectivity index (χ1n) is 7.64. The van der Waals surface area contributed by atoms with Crippen LogP contribution in [-0.2, 0) is 9.53 Å². The molecule has 108 valence electrons. The van der Waals surface area contributed by atoms with E-state index in [1.807, 2.05) is 31.2 Å². The predicted octanol–water partition coefficient (Wildman–Crippen LogP) is 3.33. The molecular weight excluding hydrogens is 252 g/mol. The highest BCUT2D eigenvalue weighted by molar-refractivity contribution is 5.87. The Morgan fingerprint density at radius 1 is 1.35 bits per heavy atom. The van der Waals surface area contributed by atoms with E-state index in [-0.39, 0.29) is 5.92 Å². The molecule has 1 aromatic rings. The Kier molecular flexibility index (Phi) is 4.06. The summed E-state index contributed by atoms with van der Waals surface area (Å²) >= 11 is 0. The van der Waals surface area contributed by atoms with Crippen LogP contribution < -0.4 is 4.74 Å². The first kappa shape index (κ1) is 13.6. The van der Waals surface area contributed by atoms with Gasteiger partial charge in [-0.15, -0.1) is 0 Å². The number of benzene rings is 1. The summed E-state index contributed by atoms with van der Waals surface area (Å²) in [4.78, 5) is 12.5. The van der Waals surface area contributed by atoms with Gasteiger partial charge in [-0.05, 0) is 38.2 Å². The van der Waals surface area contributed by atoms with Crippen molar-refractivity contribution >= 4 is 5.78 Å². The van der Waals surface area contributed by atoms with E-state index >= 15 is 0 Å². The third kappa shape index (κ3) is 2.73. The fraction of sp³-hybridized carbons (Fsp3) is 0.588. The summed E-state index contributed by atoms with van der Waals surface area (Å²) in [5.74, 6) is 1.82. The van der Waals surface area contributed by atoms with Crippen molar-refractivity contribution < 1.29 is 14.3 Å². The van der Waals surface area contributed by atoms with Crippen LogP contribution in [0.1, 0.15) is 44.1 Å². The molecule has 1 saturated carbocycles. The van der Waals surface area contributed by atoms with Gasteiger partial charge in [0.05, 0.1) is 12.7 Å². The van der Waals surface area contributed by atoms with E-state index in [2.05, 4.69) is 0 Å². The number of hydrogen-bond donors (Lipinski definition) is 0. The summed E-state index contributed by atoms with van der Waals surface area (Å²) < 4.78 is 11.2. The average Bonchev–Trinajstić information content (AvgIpc) is 2.44. The van der Waals surface area contributed by atoms with Gasteiger partial charge in [0, 0.05) is 24.5 Å². The highest BCUT2D eigenvalue weighted by Crippen LogP contribution is 2.38. The van der Waals surface area contributed by atoms with Gasteiger partial charge in [-0.3, -0.25) is 4.79 Å². The average molecular weight is 274 g/mol. The smallest absolute Gasteiger partial charge is 0.140 e. The van der Waals surface area contributed by atoms with E-state index in [0.717, 1.165) is 37.2 Å². The largest absolute Gasteiger partial charge is 0.493 e. The van der Waals surface area contributed by atoms with Gasteiger partial charge in [0.1, 0.15) is 11.5 Å². The fourth-order valence-corrected chi connectivity index (χ4v) is 3.32. The Hall–Kier alpha value is -1.35. The monoisotopic (exact) mass is 274 g/mol. The lowest BCUT2D eigenvalue weighted by Gasteiger charge is -2.35. The van der Waals surface area contributed by atoms with Crippen LogP contribution in [0.4, 0.5) is 0 Å². The van der Waals surface area contributed by atoms with Crippen molar-refractivity contribution in [1.29, 1.82) is 0 Å². The number of carbonyl (C=O) groups is 1. The highest BCUT2D eigenvalue weighted by atomic mass is 16.5. The SMILES string of the molecule is CCOC1CC(CC(=O)C2CCOc3ccccc32)C1. The molecule has 2 aliphatic rings. The van der Waals surface area contributed by atoms with Crippen LogP contribution in [-0.4, -0.2) is 25.1 Å². The normalized spacial score (nSPS) is 28.1. The molecule has 1 aromatic carbocycles. The van der Waals surface area contributed by atoms with Crippen molar-refractivity contribution in [3.05, 3.63) is 29.8 Å². The Morgan fingerprint density at radius 2 is 2.15 bits per heavy atom. The quantitative estimate of drug-likeness (QED) is 0.826. The Labute approximate surface area is 120 Å². The summed E-state index contributed by atoms with van der Waals surface area (Å²) in [7, 11) is 0. The summed E-state index contributed by atoms with van der Waals surface area (Å²) in [5, 5.41) is 0. The molecule has 1 aliphatic heterocycles. The molecule has 1 heterocycles. The zero-order chi connectivity index (χ0) is 13.9. The standard InChI is InChI=1S/C17H22O3/c1-2-19-13-9-12(10-13)11-16(18)14-7-8-20-17-6-4-3-5-15(14)17/h3-6,12-14H,2,7-11H2,1H3. The van der Waals surface area contributed by atoms with Gasteiger partial charge in [0.25, 0.3) is 0 Å². The summed E-state index contributed by atoms with van der Waals surface area (Å²) in [6, 6.07) is 7.94. The Balaban J connectivity index is 1.59. The molecule has 0 spiro atoms. The van der Waals surface area contributed by atoms with Gasteiger partial charge in [-0.25, -0.2) is 0 Å². The maximum Gasteiger partial charge on any atom is 0.140 e. The molecule has 1 atom stereocenters. The second-order valence-corrected chi connectivity index (χ2v) is 5.81. The van der Waals surface area contributed by atoms with Crippen LogP contribution in [0.5, 0.6) is 5.75 Å². The van der Waals surface area contributed by atoms with Gasteiger partial charge in [0.2, 0.25) is 0 Å². The molecule has 1 unspecified atom stereocenters. The molecule has 20 heavy (non-hydrogen) atoms. The van der Waals surface area contributed by atoms with Gasteiger partial charge in [-0.1, -0.05) is 18.2 Å². The minimum Gasteiger partial charge on any atom is -0.493 e. The highest BCUT2D eigenvalue weighted by Gasteiger charge is 2.34. The fourth-order valence-electron chi connectivity index (χ4n) is 3.32. The van der Waals surface area contributed by atoms with Crippen LogP contribution >= 0.6 is 0 Å². The third-order valence-electron chi connectivity index (χ3n) is 4.43. The molecule has 1 fully saturated rings. The van der Waals surface area contributed by atoms with Gasteiger partial charge >= 0.3 is 0 Å². The Morgan fingerprint density at radius 3 is 2.95 bits per heavy atom. The maximum absolute atomic E-state index is 12.5. The first-order valence-corrected chi connectivity index (χ1v) is 7.64. The van der Waals surface area contributed by atoms with Crippen LogP contribution in [0.3, 0.4) is 0 Å². The minimum absolute atomic E-state index is 0.0334. The van der Waals surface area contributed by atoms with Crippen LogP contribution in [0, 0.1) is 5.92 Å². The van der Waals surface area contributed by atoms with Gasteiger partial charge in [-0.2, -0.15) is 0 Å². The van der Waals surface area contributed by atoms with E-state index in [0.29, 0.717) is 30.8 Å². The van der Waals surface area contributed by atoms with Crippen molar-refractivity contribution in [1.82, 2.24) is 0 Å². The minimum atomic E-state index is 0.0334. The second kappa shape index (κ2) is 5.96. The number of para-hydroxylation sites is 1. The van der Waals surface area contributed by atoms with Crippen molar-refractivity contribution in [3.63, 3.8) is 0 Å². The van der Waals surface area contributed by atoms with E-state index < -0.39 is 0 Å². The molecular formula is C17H22O3.